The topological polar surface area (TPSA) is 105 Å². The number of carboxylic acids is 1. The van der Waals surface area contributed by atoms with Crippen LogP contribution in [0.1, 0.15) is 36.0 Å². The molecule has 0 saturated heterocycles. The van der Waals surface area contributed by atoms with Gasteiger partial charge in [0.25, 0.3) is 0 Å². The average Bonchev–Trinajstić information content (AvgIpc) is 3.19. The maximum absolute atomic E-state index is 12.8. The van der Waals surface area contributed by atoms with E-state index in [1.807, 2.05) is 54.6 Å². The van der Waals surface area contributed by atoms with Gasteiger partial charge >= 0.3 is 12.1 Å². The Kier molecular flexibility index (Phi) is 7.45. The van der Waals surface area contributed by atoms with E-state index in [4.69, 9.17) is 4.74 Å². The third kappa shape index (κ3) is 5.51. The van der Waals surface area contributed by atoms with Crippen LogP contribution >= 0.6 is 0 Å². The minimum Gasteiger partial charge on any atom is -0.480 e. The van der Waals surface area contributed by atoms with E-state index < -0.39 is 30.1 Å². The molecule has 7 nitrogen and oxygen atoms in total. The average molecular weight is 473 g/mol. The monoisotopic (exact) mass is 472 g/mol. The van der Waals surface area contributed by atoms with Crippen LogP contribution in [0.5, 0.6) is 0 Å². The van der Waals surface area contributed by atoms with Gasteiger partial charge in [0.1, 0.15) is 18.7 Å². The Morgan fingerprint density at radius 1 is 0.829 bits per heavy atom. The summed E-state index contributed by atoms with van der Waals surface area (Å²) in [7, 11) is 0. The molecule has 35 heavy (non-hydrogen) atoms. The molecule has 3 N–H and O–H groups in total. The molecule has 2 amide bonds. The first kappa shape index (κ1) is 24.0. The van der Waals surface area contributed by atoms with Gasteiger partial charge in [-0.3, -0.25) is 4.79 Å². The van der Waals surface area contributed by atoms with E-state index in [9.17, 15) is 19.5 Å². The minimum atomic E-state index is -1.14. The fourth-order valence-electron chi connectivity index (χ4n) is 4.46. The zero-order chi connectivity index (χ0) is 24.8. The molecule has 0 aromatic heterocycles. The van der Waals surface area contributed by atoms with Crippen molar-refractivity contribution in [2.75, 3.05) is 6.61 Å². The number of carbonyl (C=O) groups excluding carboxylic acids is 2. The summed E-state index contributed by atoms with van der Waals surface area (Å²) in [5, 5.41) is 14.7. The maximum Gasteiger partial charge on any atom is 0.407 e. The van der Waals surface area contributed by atoms with E-state index in [1.165, 1.54) is 0 Å². The highest BCUT2D eigenvalue weighted by molar-refractivity contribution is 5.89. The number of carboxylic acid groups (broad SMARTS) is 1. The van der Waals surface area contributed by atoms with Crippen LogP contribution in [0.3, 0.4) is 0 Å². The van der Waals surface area contributed by atoms with E-state index in [0.29, 0.717) is 0 Å². The third-order valence-electron chi connectivity index (χ3n) is 6.26. The molecule has 0 fully saturated rings. The summed E-state index contributed by atoms with van der Waals surface area (Å²) < 4.78 is 5.52. The number of aliphatic carboxylic acids is 1. The normalized spacial score (nSPS) is 13.7. The number of hydrogen-bond acceptors (Lipinski definition) is 4. The zero-order valence-corrected chi connectivity index (χ0v) is 19.4. The van der Waals surface area contributed by atoms with Crippen molar-refractivity contribution in [3.63, 3.8) is 0 Å². The lowest BCUT2D eigenvalue weighted by atomic mass is 9.98. The summed E-state index contributed by atoms with van der Waals surface area (Å²) in [5.41, 5.74) is 5.23. The Labute approximate surface area is 204 Å². The van der Waals surface area contributed by atoms with Gasteiger partial charge < -0.3 is 20.5 Å². The third-order valence-corrected chi connectivity index (χ3v) is 6.26. The number of ether oxygens (including phenoxy) is 1. The van der Waals surface area contributed by atoms with Gasteiger partial charge in [0, 0.05) is 12.3 Å². The van der Waals surface area contributed by atoms with Gasteiger partial charge in [0.2, 0.25) is 5.91 Å². The molecule has 0 saturated carbocycles. The Balaban J connectivity index is 1.36. The smallest absolute Gasteiger partial charge is 0.407 e. The van der Waals surface area contributed by atoms with Crippen LogP contribution in [0.4, 0.5) is 4.79 Å². The lowest BCUT2D eigenvalue weighted by Gasteiger charge is -2.21. The van der Waals surface area contributed by atoms with Crippen molar-refractivity contribution in [3.8, 4) is 11.1 Å². The van der Waals surface area contributed by atoms with Crippen LogP contribution in [-0.4, -0.2) is 41.8 Å². The number of fused-ring (bicyclic) bond motifs is 3. The molecular weight excluding hydrogens is 444 g/mol. The number of nitrogens with one attached hydrogen (secondary N) is 2. The molecular formula is C28H28N2O5. The molecule has 7 heteroatoms. The summed E-state index contributed by atoms with van der Waals surface area (Å²) in [6.07, 6.45) is -0.291. The lowest BCUT2D eigenvalue weighted by molar-refractivity contribution is -0.142. The molecule has 3 aromatic carbocycles. The predicted octanol–water partition coefficient (Wildman–Crippen LogP) is 4.12. The zero-order valence-electron chi connectivity index (χ0n) is 19.4. The molecule has 1 unspecified atom stereocenters. The molecule has 1 aliphatic carbocycles. The number of amides is 2. The molecule has 1 aliphatic rings. The second-order valence-corrected chi connectivity index (χ2v) is 8.52. The van der Waals surface area contributed by atoms with Crippen LogP contribution in [0.15, 0.2) is 78.9 Å². The van der Waals surface area contributed by atoms with Gasteiger partial charge in [-0.25, -0.2) is 9.59 Å². The highest BCUT2D eigenvalue weighted by Gasteiger charge is 2.30. The highest BCUT2D eigenvalue weighted by atomic mass is 16.5. The Hall–Kier alpha value is -4.13. The maximum atomic E-state index is 12.8. The number of hydrogen-bond donors (Lipinski definition) is 3. The predicted molar refractivity (Wildman–Crippen MR) is 132 cm³/mol. The molecule has 0 aliphatic heterocycles. The van der Waals surface area contributed by atoms with Crippen molar-refractivity contribution in [3.05, 3.63) is 95.6 Å². The molecule has 3 aromatic rings. The molecule has 0 radical (unpaired) electrons. The van der Waals surface area contributed by atoms with Gasteiger partial charge in [-0.2, -0.15) is 0 Å². The quantitative estimate of drug-likeness (QED) is 0.435. The van der Waals surface area contributed by atoms with E-state index in [2.05, 4.69) is 22.8 Å². The van der Waals surface area contributed by atoms with Crippen molar-refractivity contribution in [2.24, 2.45) is 0 Å². The number of alkyl carbamates (subject to hydrolysis) is 1. The van der Waals surface area contributed by atoms with Crippen molar-refractivity contribution in [1.82, 2.24) is 10.6 Å². The van der Waals surface area contributed by atoms with E-state index >= 15 is 0 Å². The second-order valence-electron chi connectivity index (χ2n) is 8.52. The van der Waals surface area contributed by atoms with Crippen molar-refractivity contribution in [1.29, 1.82) is 0 Å². The number of rotatable bonds is 9. The molecule has 0 heterocycles. The van der Waals surface area contributed by atoms with E-state index in [1.54, 1.807) is 19.1 Å². The summed E-state index contributed by atoms with van der Waals surface area (Å²) in [5.74, 6) is -1.80. The van der Waals surface area contributed by atoms with Crippen LogP contribution in [0, 0.1) is 0 Å². The van der Waals surface area contributed by atoms with E-state index in [0.717, 1.165) is 27.8 Å². The second kappa shape index (κ2) is 10.9. The highest BCUT2D eigenvalue weighted by Crippen LogP contribution is 2.44. The largest absolute Gasteiger partial charge is 0.480 e. The number of carbonyl (C=O) groups is 3. The molecule has 0 spiro atoms. The first-order chi connectivity index (χ1) is 17.0. The van der Waals surface area contributed by atoms with Crippen molar-refractivity contribution >= 4 is 18.0 Å². The Morgan fingerprint density at radius 3 is 1.97 bits per heavy atom. The minimum absolute atomic E-state index is 0.0932. The first-order valence-corrected chi connectivity index (χ1v) is 11.7. The molecule has 0 bridgehead atoms. The molecule has 4 rings (SSSR count). The fraction of sp³-hybridized carbons (Fsp3) is 0.250. The Bertz CT molecular complexity index is 1170. The van der Waals surface area contributed by atoms with Crippen LogP contribution in [-0.2, 0) is 20.7 Å². The fourth-order valence-corrected chi connectivity index (χ4v) is 4.46. The molecule has 180 valence electrons. The van der Waals surface area contributed by atoms with Gasteiger partial charge in [0.05, 0.1) is 0 Å². The summed E-state index contributed by atoms with van der Waals surface area (Å²) in [6, 6.07) is 23.1. The Morgan fingerprint density at radius 2 is 1.40 bits per heavy atom. The van der Waals surface area contributed by atoms with Gasteiger partial charge in [-0.15, -0.1) is 0 Å². The van der Waals surface area contributed by atoms with Crippen molar-refractivity contribution in [2.45, 2.75) is 37.8 Å². The van der Waals surface area contributed by atoms with Crippen molar-refractivity contribution < 1.29 is 24.2 Å². The van der Waals surface area contributed by atoms with Gasteiger partial charge in [-0.1, -0.05) is 85.8 Å². The van der Waals surface area contributed by atoms with Crippen LogP contribution in [0.2, 0.25) is 0 Å². The first-order valence-electron chi connectivity index (χ1n) is 11.7. The van der Waals surface area contributed by atoms with Gasteiger partial charge in [0.15, 0.2) is 0 Å². The summed E-state index contributed by atoms with van der Waals surface area (Å²) >= 11 is 0. The van der Waals surface area contributed by atoms with Crippen LogP contribution in [0.25, 0.3) is 11.1 Å². The number of benzene rings is 3. The van der Waals surface area contributed by atoms with E-state index in [-0.39, 0.29) is 25.4 Å². The van der Waals surface area contributed by atoms with Crippen LogP contribution < -0.4 is 10.6 Å². The summed E-state index contributed by atoms with van der Waals surface area (Å²) in [6.45, 7) is 1.87. The standard InChI is InChI=1S/C28H28N2O5/c1-2-24(26(31)29-25(27(32)33)16-18-10-4-3-5-11-18)30-28(34)35-17-23-21-14-8-6-12-19(21)20-13-7-9-15-22(20)23/h3-15,23-25H,2,16-17H2,1H3,(H,29,31)(H,30,34)(H,32,33)/t24-,25?/m0/s1. The SMILES string of the molecule is CC[C@H](NC(=O)OCC1c2ccccc2-c2ccccc21)C(=O)NC(Cc1ccccc1)C(=O)O. The molecule has 2 atom stereocenters. The lowest BCUT2D eigenvalue weighted by Crippen LogP contribution is -2.52. The van der Waals surface area contributed by atoms with Gasteiger partial charge in [-0.05, 0) is 34.2 Å². The summed E-state index contributed by atoms with van der Waals surface area (Å²) in [4.78, 5) is 37.0.